The second-order valence-electron chi connectivity index (χ2n) is 11.4. The summed E-state index contributed by atoms with van der Waals surface area (Å²) in [6.45, 7) is 0.506. The van der Waals surface area contributed by atoms with Crippen LogP contribution >= 0.6 is 0 Å². The number of rotatable bonds is 17. The van der Waals surface area contributed by atoms with Gasteiger partial charge in [-0.15, -0.1) is 0 Å². The monoisotopic (exact) mass is 678 g/mol. The number of primary amides is 1. The molecule has 2 heterocycles. The predicted molar refractivity (Wildman–Crippen MR) is 177 cm³/mol. The van der Waals surface area contributed by atoms with Crippen molar-refractivity contribution in [2.45, 2.75) is 56.7 Å². The fourth-order valence-corrected chi connectivity index (χ4v) is 5.64. The standard InChI is InChI=1S/C31H38N10O8/c1-33-22-8-3-2-7-21(22)29(43)38-25(15-19-17-34-18-36-19)31(45)39-14-6-10-26(39)30(44)37-24(28(32)42)9-4-5-13-35-23-12-11-20(40(46)47)16-27(23)41(48)49/h2-3,7-8,11-12,16-18,24-26,33,35H,4-6,9-10,13-15H2,1H3,(H2,32,42)(H,34,36)(H,37,44)(H,38,43)/t24-,25-,26-/m0/s1. The third kappa shape index (κ3) is 9.27. The molecule has 3 aromatic rings. The quantitative estimate of drug-likeness (QED) is 0.0682. The van der Waals surface area contributed by atoms with E-state index in [2.05, 4.69) is 31.2 Å². The number of anilines is 2. The number of imidazole rings is 1. The number of nitrogens with two attached hydrogens (primary N) is 1. The maximum atomic E-state index is 13.9. The number of carbonyl (C=O) groups excluding carboxylic acids is 4. The maximum absolute atomic E-state index is 13.9. The first kappa shape index (κ1) is 35.8. The summed E-state index contributed by atoms with van der Waals surface area (Å²) in [5, 5.41) is 33.6. The van der Waals surface area contributed by atoms with E-state index in [-0.39, 0.29) is 31.6 Å². The Morgan fingerprint density at radius 3 is 2.49 bits per heavy atom. The Labute approximate surface area is 280 Å². The summed E-state index contributed by atoms with van der Waals surface area (Å²) in [4.78, 5) is 82.1. The highest BCUT2D eigenvalue weighted by molar-refractivity contribution is 6.02. The lowest BCUT2D eigenvalue weighted by atomic mass is 10.1. The van der Waals surface area contributed by atoms with Crippen LogP contribution < -0.4 is 27.0 Å². The highest BCUT2D eigenvalue weighted by atomic mass is 16.6. The van der Waals surface area contributed by atoms with Crippen molar-refractivity contribution >= 4 is 46.4 Å². The number of hydrogen-bond acceptors (Lipinski definition) is 11. The molecule has 1 fully saturated rings. The largest absolute Gasteiger partial charge is 0.387 e. The molecule has 49 heavy (non-hydrogen) atoms. The van der Waals surface area contributed by atoms with Crippen LogP contribution in [0.15, 0.2) is 55.0 Å². The van der Waals surface area contributed by atoms with Gasteiger partial charge in [0, 0.05) is 50.2 Å². The number of hydrogen-bond donors (Lipinski definition) is 6. The van der Waals surface area contributed by atoms with Gasteiger partial charge in [0.25, 0.3) is 17.3 Å². The number of likely N-dealkylation sites (tertiary alicyclic amines) is 1. The molecular weight excluding hydrogens is 640 g/mol. The van der Waals surface area contributed by atoms with Crippen LogP contribution in [-0.2, 0) is 20.8 Å². The third-order valence-corrected chi connectivity index (χ3v) is 8.15. The van der Waals surface area contributed by atoms with Gasteiger partial charge in [-0.2, -0.15) is 0 Å². The summed E-state index contributed by atoms with van der Waals surface area (Å²) >= 11 is 0. The first-order valence-corrected chi connectivity index (χ1v) is 15.6. The normalized spacial score (nSPS) is 15.1. The van der Waals surface area contributed by atoms with Crippen LogP contribution in [0.3, 0.4) is 0 Å². The molecule has 18 nitrogen and oxygen atoms in total. The van der Waals surface area contributed by atoms with Gasteiger partial charge in [-0.05, 0) is 50.3 Å². The summed E-state index contributed by atoms with van der Waals surface area (Å²) < 4.78 is 0. The highest BCUT2D eigenvalue weighted by Gasteiger charge is 2.39. The van der Waals surface area contributed by atoms with Gasteiger partial charge in [-0.25, -0.2) is 4.98 Å². The molecule has 3 atom stereocenters. The molecular formula is C31H38N10O8. The third-order valence-electron chi connectivity index (χ3n) is 8.15. The summed E-state index contributed by atoms with van der Waals surface area (Å²) in [6, 6.07) is 7.15. The van der Waals surface area contributed by atoms with Gasteiger partial charge < -0.3 is 36.9 Å². The van der Waals surface area contributed by atoms with E-state index in [1.807, 2.05) is 0 Å². The predicted octanol–water partition coefficient (Wildman–Crippen LogP) is 1.85. The number of nitrogens with one attached hydrogen (secondary N) is 5. The summed E-state index contributed by atoms with van der Waals surface area (Å²) in [6.07, 6.45) is 4.94. The molecule has 2 aromatic carbocycles. The van der Waals surface area contributed by atoms with E-state index < -0.39 is 63.0 Å². The van der Waals surface area contributed by atoms with Crippen LogP contribution in [0.1, 0.15) is 48.2 Å². The van der Waals surface area contributed by atoms with Crippen LogP contribution in [0.2, 0.25) is 0 Å². The highest BCUT2D eigenvalue weighted by Crippen LogP contribution is 2.29. The first-order chi connectivity index (χ1) is 23.5. The molecule has 0 saturated carbocycles. The zero-order chi connectivity index (χ0) is 35.5. The van der Waals surface area contributed by atoms with Crippen molar-refractivity contribution in [3.63, 3.8) is 0 Å². The smallest absolute Gasteiger partial charge is 0.299 e. The molecule has 0 radical (unpaired) electrons. The van der Waals surface area contributed by atoms with Crippen molar-refractivity contribution in [3.05, 3.63) is 86.5 Å². The van der Waals surface area contributed by atoms with Gasteiger partial charge in [-0.3, -0.25) is 39.4 Å². The molecule has 18 heteroatoms. The van der Waals surface area contributed by atoms with Crippen LogP contribution in [0.5, 0.6) is 0 Å². The SMILES string of the molecule is CNc1ccccc1C(=O)N[C@@H](Cc1cnc[nH]1)C(=O)N1CCC[C@H]1C(=O)N[C@@H](CCCCNc1ccc([N+](=O)[O-])cc1[N+](=O)[O-])C(N)=O. The average Bonchev–Trinajstić information content (AvgIpc) is 3.79. The van der Waals surface area contributed by atoms with E-state index in [4.69, 9.17) is 5.73 Å². The van der Waals surface area contributed by atoms with E-state index in [0.717, 1.165) is 12.1 Å². The Bertz CT molecular complexity index is 1680. The Hall–Kier alpha value is -6.07. The van der Waals surface area contributed by atoms with Crippen molar-refractivity contribution in [1.29, 1.82) is 0 Å². The lowest BCUT2D eigenvalue weighted by Crippen LogP contribution is -2.56. The average molecular weight is 679 g/mol. The minimum absolute atomic E-state index is 0.0953. The molecule has 4 amide bonds. The lowest BCUT2D eigenvalue weighted by molar-refractivity contribution is -0.393. The number of benzene rings is 2. The molecule has 7 N–H and O–H groups in total. The van der Waals surface area contributed by atoms with Crippen LogP contribution in [0, 0.1) is 20.2 Å². The molecule has 1 aliphatic rings. The number of unbranched alkanes of at least 4 members (excludes halogenated alkanes) is 1. The Morgan fingerprint density at radius 1 is 1.04 bits per heavy atom. The van der Waals surface area contributed by atoms with Crippen molar-refractivity contribution in [2.75, 3.05) is 30.8 Å². The Kier molecular flexibility index (Phi) is 12.2. The number of aromatic amines is 1. The van der Waals surface area contributed by atoms with Gasteiger partial charge in [0.15, 0.2) is 0 Å². The van der Waals surface area contributed by atoms with Crippen LogP contribution in [0.4, 0.5) is 22.7 Å². The Morgan fingerprint density at radius 2 is 1.82 bits per heavy atom. The zero-order valence-electron chi connectivity index (χ0n) is 26.7. The first-order valence-electron chi connectivity index (χ1n) is 15.6. The minimum atomic E-state index is -1.04. The second kappa shape index (κ2) is 16.7. The minimum Gasteiger partial charge on any atom is -0.387 e. The maximum Gasteiger partial charge on any atom is 0.299 e. The number of H-pyrrole nitrogens is 1. The number of amides is 4. The van der Waals surface area contributed by atoms with Gasteiger partial charge in [-0.1, -0.05) is 12.1 Å². The van der Waals surface area contributed by atoms with Crippen molar-refractivity contribution < 1.29 is 29.0 Å². The van der Waals surface area contributed by atoms with Crippen molar-refractivity contribution in [2.24, 2.45) is 5.73 Å². The molecule has 4 rings (SSSR count). The van der Waals surface area contributed by atoms with Crippen LogP contribution in [-0.4, -0.2) is 86.6 Å². The molecule has 1 saturated heterocycles. The van der Waals surface area contributed by atoms with E-state index in [1.165, 1.54) is 17.3 Å². The van der Waals surface area contributed by atoms with Gasteiger partial charge in [0.2, 0.25) is 17.7 Å². The number of nitrogens with zero attached hydrogens (tertiary/aromatic N) is 4. The molecule has 260 valence electrons. The van der Waals surface area contributed by atoms with Gasteiger partial charge in [0.05, 0.1) is 27.8 Å². The van der Waals surface area contributed by atoms with E-state index in [0.29, 0.717) is 42.6 Å². The number of aromatic nitrogens is 2. The fraction of sp³-hybridized carbons (Fsp3) is 0.387. The number of non-ortho nitro benzene ring substituents is 1. The molecule has 1 aliphatic heterocycles. The molecule has 1 aromatic heterocycles. The topological polar surface area (TPSA) is 261 Å². The molecule has 0 spiro atoms. The summed E-state index contributed by atoms with van der Waals surface area (Å²) in [5.74, 6) is -2.27. The fourth-order valence-electron chi connectivity index (χ4n) is 5.64. The van der Waals surface area contributed by atoms with Crippen molar-refractivity contribution in [3.8, 4) is 0 Å². The number of para-hydroxylation sites is 1. The van der Waals surface area contributed by atoms with Crippen molar-refractivity contribution in [1.82, 2.24) is 25.5 Å². The zero-order valence-corrected chi connectivity index (χ0v) is 26.7. The van der Waals surface area contributed by atoms with E-state index in [1.54, 1.807) is 37.5 Å². The molecule has 0 bridgehead atoms. The van der Waals surface area contributed by atoms with Crippen LogP contribution in [0.25, 0.3) is 0 Å². The lowest BCUT2D eigenvalue weighted by Gasteiger charge is -2.29. The summed E-state index contributed by atoms with van der Waals surface area (Å²) in [5.41, 5.74) is 6.37. The van der Waals surface area contributed by atoms with Gasteiger partial charge in [0.1, 0.15) is 23.8 Å². The van der Waals surface area contributed by atoms with E-state index >= 15 is 0 Å². The number of nitro groups is 2. The molecule has 0 unspecified atom stereocenters. The number of carbonyl (C=O) groups is 4. The Balaban J connectivity index is 1.37. The summed E-state index contributed by atoms with van der Waals surface area (Å²) in [7, 11) is 1.68. The number of nitro benzene ring substituents is 2. The second-order valence-corrected chi connectivity index (χ2v) is 11.4. The van der Waals surface area contributed by atoms with E-state index in [9.17, 15) is 39.4 Å². The molecule has 0 aliphatic carbocycles. The van der Waals surface area contributed by atoms with Gasteiger partial charge >= 0.3 is 0 Å².